The lowest BCUT2D eigenvalue weighted by molar-refractivity contribution is 0.326. The molecule has 1 fully saturated rings. The fraction of sp³-hybridized carbons (Fsp3) is 0.600. The van der Waals surface area contributed by atoms with E-state index in [4.69, 9.17) is 9.47 Å². The van der Waals surface area contributed by atoms with Crippen LogP contribution in [0.3, 0.4) is 0 Å². The molecule has 0 bridgehead atoms. The maximum absolute atomic E-state index is 5.50. The molecule has 1 N–H and O–H groups in total. The minimum atomic E-state index is 0.281. The third-order valence-corrected chi connectivity index (χ3v) is 3.98. The van der Waals surface area contributed by atoms with Crippen LogP contribution in [-0.4, -0.2) is 21.3 Å². The Labute approximate surface area is 109 Å². The molecule has 2 atom stereocenters. The monoisotopic (exact) mass is 249 g/mol. The molecule has 0 aromatic heterocycles. The lowest BCUT2D eigenvalue weighted by Crippen LogP contribution is -2.25. The van der Waals surface area contributed by atoms with E-state index in [0.29, 0.717) is 5.92 Å². The molecule has 1 aliphatic carbocycles. The first-order chi connectivity index (χ1) is 8.72. The third-order valence-electron chi connectivity index (χ3n) is 3.98. The zero-order chi connectivity index (χ0) is 13.1. The van der Waals surface area contributed by atoms with Crippen LogP contribution < -0.4 is 14.8 Å². The van der Waals surface area contributed by atoms with E-state index in [0.717, 1.165) is 23.0 Å². The molecule has 3 nitrogen and oxygen atoms in total. The number of hydrogen-bond donors (Lipinski definition) is 1. The van der Waals surface area contributed by atoms with Gasteiger partial charge in [-0.05, 0) is 43.9 Å². The predicted octanol–water partition coefficient (Wildman–Crippen LogP) is 3.01. The Kier molecular flexibility index (Phi) is 4.12. The molecule has 3 heteroatoms. The van der Waals surface area contributed by atoms with Crippen molar-refractivity contribution in [3.05, 3.63) is 23.8 Å². The Morgan fingerprint density at radius 3 is 2.11 bits per heavy atom. The molecule has 100 valence electrons. The molecule has 1 saturated carbocycles. The average Bonchev–Trinajstić information content (AvgIpc) is 3.23. The van der Waals surface area contributed by atoms with E-state index in [1.54, 1.807) is 14.2 Å². The molecule has 0 saturated heterocycles. The predicted molar refractivity (Wildman–Crippen MR) is 73.2 cm³/mol. The largest absolute Gasteiger partial charge is 0.496 e. The molecule has 1 aromatic rings. The van der Waals surface area contributed by atoms with Gasteiger partial charge in [0.25, 0.3) is 0 Å². The Balaban J connectivity index is 2.38. The van der Waals surface area contributed by atoms with Gasteiger partial charge in [0, 0.05) is 6.04 Å². The van der Waals surface area contributed by atoms with Crippen molar-refractivity contribution >= 4 is 0 Å². The molecule has 1 aromatic carbocycles. The summed E-state index contributed by atoms with van der Waals surface area (Å²) < 4.78 is 11.0. The van der Waals surface area contributed by atoms with Crippen molar-refractivity contribution in [1.29, 1.82) is 0 Å². The van der Waals surface area contributed by atoms with Crippen molar-refractivity contribution in [2.75, 3.05) is 21.3 Å². The molecule has 0 radical (unpaired) electrons. The third kappa shape index (κ3) is 2.46. The number of ether oxygens (including phenoxy) is 2. The van der Waals surface area contributed by atoms with Crippen molar-refractivity contribution in [2.24, 2.45) is 11.8 Å². The highest BCUT2D eigenvalue weighted by molar-refractivity contribution is 5.47. The van der Waals surface area contributed by atoms with Crippen LogP contribution in [0.2, 0.25) is 0 Å². The summed E-state index contributed by atoms with van der Waals surface area (Å²) in [6, 6.07) is 6.25. The Morgan fingerprint density at radius 1 is 1.17 bits per heavy atom. The Bertz CT molecular complexity index is 379. The summed E-state index contributed by atoms with van der Waals surface area (Å²) in [6.45, 7) is 2.31. The first kappa shape index (κ1) is 13.2. The second-order valence-corrected chi connectivity index (χ2v) is 5.04. The van der Waals surface area contributed by atoms with Gasteiger partial charge in [-0.3, -0.25) is 0 Å². The van der Waals surface area contributed by atoms with Crippen LogP contribution in [0.15, 0.2) is 18.2 Å². The quantitative estimate of drug-likeness (QED) is 0.840. The molecule has 1 aliphatic rings. The highest BCUT2D eigenvalue weighted by Gasteiger charge is 2.35. The van der Waals surface area contributed by atoms with Crippen LogP contribution in [0.4, 0.5) is 0 Å². The van der Waals surface area contributed by atoms with Gasteiger partial charge in [0.2, 0.25) is 0 Å². The van der Waals surface area contributed by atoms with Crippen molar-refractivity contribution in [3.8, 4) is 11.5 Å². The van der Waals surface area contributed by atoms with Crippen LogP contribution in [0.1, 0.15) is 31.4 Å². The number of methoxy groups -OCH3 is 2. The molecule has 2 unspecified atom stereocenters. The Morgan fingerprint density at radius 2 is 1.72 bits per heavy atom. The zero-order valence-electron chi connectivity index (χ0n) is 11.7. The number of benzene rings is 1. The van der Waals surface area contributed by atoms with Crippen LogP contribution >= 0.6 is 0 Å². The first-order valence-corrected chi connectivity index (χ1v) is 6.61. The molecule has 0 amide bonds. The van der Waals surface area contributed by atoms with Crippen molar-refractivity contribution in [3.63, 3.8) is 0 Å². The Hall–Kier alpha value is -1.22. The van der Waals surface area contributed by atoms with Crippen LogP contribution in [-0.2, 0) is 0 Å². The molecular weight excluding hydrogens is 226 g/mol. The van der Waals surface area contributed by atoms with Crippen molar-refractivity contribution in [1.82, 2.24) is 5.32 Å². The van der Waals surface area contributed by atoms with E-state index in [-0.39, 0.29) is 6.04 Å². The highest BCUT2D eigenvalue weighted by Crippen LogP contribution is 2.46. The standard InChI is InChI=1S/C15H23NO2/c1-10(11-8-9-11)15(16-2)14-12(17-3)6-5-7-13(14)18-4/h5-7,10-11,15-16H,8-9H2,1-4H3. The summed E-state index contributed by atoms with van der Waals surface area (Å²) in [4.78, 5) is 0. The summed E-state index contributed by atoms with van der Waals surface area (Å²) in [5.41, 5.74) is 1.14. The maximum Gasteiger partial charge on any atom is 0.127 e. The molecule has 2 rings (SSSR count). The minimum Gasteiger partial charge on any atom is -0.496 e. The summed E-state index contributed by atoms with van der Waals surface area (Å²) in [5.74, 6) is 3.24. The van der Waals surface area contributed by atoms with E-state index in [1.807, 2.05) is 25.2 Å². The van der Waals surface area contributed by atoms with E-state index in [2.05, 4.69) is 12.2 Å². The van der Waals surface area contributed by atoms with Gasteiger partial charge in [-0.1, -0.05) is 13.0 Å². The van der Waals surface area contributed by atoms with Crippen molar-refractivity contribution < 1.29 is 9.47 Å². The average molecular weight is 249 g/mol. The fourth-order valence-corrected chi connectivity index (χ4v) is 2.75. The minimum absolute atomic E-state index is 0.281. The highest BCUT2D eigenvalue weighted by atomic mass is 16.5. The summed E-state index contributed by atoms with van der Waals surface area (Å²) in [5, 5.41) is 3.43. The summed E-state index contributed by atoms with van der Waals surface area (Å²) >= 11 is 0. The van der Waals surface area contributed by atoms with Gasteiger partial charge >= 0.3 is 0 Å². The van der Waals surface area contributed by atoms with E-state index >= 15 is 0 Å². The topological polar surface area (TPSA) is 30.5 Å². The van der Waals surface area contributed by atoms with Gasteiger partial charge in [0.15, 0.2) is 0 Å². The van der Waals surface area contributed by atoms with Gasteiger partial charge in [0.05, 0.1) is 19.8 Å². The smallest absolute Gasteiger partial charge is 0.127 e. The van der Waals surface area contributed by atoms with Crippen LogP contribution in [0.5, 0.6) is 11.5 Å². The van der Waals surface area contributed by atoms with E-state index < -0.39 is 0 Å². The second-order valence-electron chi connectivity index (χ2n) is 5.04. The van der Waals surface area contributed by atoms with E-state index in [9.17, 15) is 0 Å². The first-order valence-electron chi connectivity index (χ1n) is 6.61. The SMILES string of the molecule is CNC(c1c(OC)cccc1OC)C(C)C1CC1. The summed E-state index contributed by atoms with van der Waals surface area (Å²) in [6.07, 6.45) is 2.69. The number of rotatable bonds is 6. The molecule has 0 heterocycles. The van der Waals surface area contributed by atoms with Crippen LogP contribution in [0, 0.1) is 11.8 Å². The van der Waals surface area contributed by atoms with E-state index in [1.165, 1.54) is 12.8 Å². The molecule has 0 spiro atoms. The molecule has 0 aliphatic heterocycles. The molecule has 18 heavy (non-hydrogen) atoms. The lowest BCUT2D eigenvalue weighted by Gasteiger charge is -2.27. The van der Waals surface area contributed by atoms with Crippen molar-refractivity contribution in [2.45, 2.75) is 25.8 Å². The lowest BCUT2D eigenvalue weighted by atomic mass is 9.89. The molecular formula is C15H23NO2. The normalized spacial score (nSPS) is 18.2. The maximum atomic E-state index is 5.50. The number of nitrogens with one attached hydrogen (secondary N) is 1. The van der Waals surface area contributed by atoms with Crippen LogP contribution in [0.25, 0.3) is 0 Å². The second kappa shape index (κ2) is 5.61. The van der Waals surface area contributed by atoms with Gasteiger partial charge in [-0.2, -0.15) is 0 Å². The van der Waals surface area contributed by atoms with Gasteiger partial charge < -0.3 is 14.8 Å². The number of hydrogen-bond acceptors (Lipinski definition) is 3. The van der Waals surface area contributed by atoms with Gasteiger partial charge in [-0.25, -0.2) is 0 Å². The van der Waals surface area contributed by atoms with Gasteiger partial charge in [-0.15, -0.1) is 0 Å². The zero-order valence-corrected chi connectivity index (χ0v) is 11.7. The van der Waals surface area contributed by atoms with Gasteiger partial charge in [0.1, 0.15) is 11.5 Å². The fourth-order valence-electron chi connectivity index (χ4n) is 2.75. The summed E-state index contributed by atoms with van der Waals surface area (Å²) in [7, 11) is 5.44.